The zero-order valence-corrected chi connectivity index (χ0v) is 12.4. The van der Waals surface area contributed by atoms with Gasteiger partial charge in [0.05, 0.1) is 4.47 Å². The maximum atomic E-state index is 9.89. The van der Waals surface area contributed by atoms with Crippen molar-refractivity contribution in [2.24, 2.45) is 0 Å². The van der Waals surface area contributed by atoms with Gasteiger partial charge in [-0.2, -0.15) is 0 Å². The Morgan fingerprint density at radius 3 is 3.06 bits per heavy atom. The molecule has 1 atom stereocenters. The normalized spacial score (nSPS) is 21.1. The van der Waals surface area contributed by atoms with Crippen molar-refractivity contribution < 1.29 is 5.11 Å². The molecule has 1 saturated heterocycles. The molecule has 1 aromatic rings. The second-order valence-corrected chi connectivity index (χ2v) is 5.86. The number of nitrogens with one attached hydrogen (secondary N) is 1. The first-order valence-electron chi connectivity index (χ1n) is 6.56. The van der Waals surface area contributed by atoms with Gasteiger partial charge in [-0.05, 0) is 48.4 Å². The van der Waals surface area contributed by atoms with Gasteiger partial charge in [0.15, 0.2) is 0 Å². The molecule has 18 heavy (non-hydrogen) atoms. The summed E-state index contributed by atoms with van der Waals surface area (Å²) in [4.78, 5) is 2.43. The van der Waals surface area contributed by atoms with Crippen LogP contribution in [0.15, 0.2) is 22.7 Å². The van der Waals surface area contributed by atoms with E-state index in [2.05, 4.69) is 33.2 Å². The number of hydrogen-bond acceptors (Lipinski definition) is 3. The number of para-hydroxylation sites is 1. The smallest absolute Gasteiger partial charge is 0.134 e. The van der Waals surface area contributed by atoms with Crippen molar-refractivity contribution in [3.05, 3.63) is 28.2 Å². The fraction of sp³-hybridized carbons (Fsp3) is 0.571. The summed E-state index contributed by atoms with van der Waals surface area (Å²) >= 11 is 3.34. The Balaban J connectivity index is 1.83. The van der Waals surface area contributed by atoms with Crippen molar-refractivity contribution in [1.82, 2.24) is 10.2 Å². The van der Waals surface area contributed by atoms with E-state index in [0.29, 0.717) is 11.8 Å². The number of likely N-dealkylation sites (N-methyl/N-ethyl adjacent to an activating group) is 1. The first kappa shape index (κ1) is 13.8. The third-order valence-corrected chi connectivity index (χ3v) is 4.33. The van der Waals surface area contributed by atoms with Gasteiger partial charge in [-0.3, -0.25) is 0 Å². The van der Waals surface area contributed by atoms with E-state index in [1.807, 2.05) is 18.2 Å². The molecule has 100 valence electrons. The Morgan fingerprint density at radius 1 is 1.44 bits per heavy atom. The van der Waals surface area contributed by atoms with Gasteiger partial charge in [-0.15, -0.1) is 0 Å². The van der Waals surface area contributed by atoms with E-state index in [4.69, 9.17) is 0 Å². The number of nitrogens with zero attached hydrogens (tertiary/aromatic N) is 1. The summed E-state index contributed by atoms with van der Waals surface area (Å²) < 4.78 is 0.761. The summed E-state index contributed by atoms with van der Waals surface area (Å²) in [5.41, 5.74) is 0.947. The van der Waals surface area contributed by atoms with Crippen LogP contribution in [-0.2, 0) is 6.54 Å². The lowest BCUT2D eigenvalue weighted by molar-refractivity contribution is 0.181. The van der Waals surface area contributed by atoms with Gasteiger partial charge in [-0.1, -0.05) is 18.6 Å². The molecule has 1 unspecified atom stereocenters. The molecule has 3 nitrogen and oxygen atoms in total. The van der Waals surface area contributed by atoms with Crippen LogP contribution in [0.5, 0.6) is 5.75 Å². The number of aromatic hydroxyl groups is 1. The highest BCUT2D eigenvalue weighted by Gasteiger charge is 2.18. The molecule has 1 aromatic carbocycles. The second kappa shape index (κ2) is 6.55. The third kappa shape index (κ3) is 3.46. The van der Waals surface area contributed by atoms with E-state index in [1.54, 1.807) is 0 Å². The molecule has 0 saturated carbocycles. The lowest BCUT2D eigenvalue weighted by atomic mass is 10.0. The molecule has 0 spiro atoms. The summed E-state index contributed by atoms with van der Waals surface area (Å²) in [6, 6.07) is 6.40. The van der Waals surface area contributed by atoms with Gasteiger partial charge in [-0.25, -0.2) is 0 Å². The molecule has 0 aliphatic carbocycles. The molecule has 4 heteroatoms. The van der Waals surface area contributed by atoms with Gasteiger partial charge in [0.25, 0.3) is 0 Å². The SMILES string of the molecule is CN1CCCCC1CNCc1cccc(Br)c1O. The molecule has 2 N–H and O–H groups in total. The number of rotatable bonds is 4. The average molecular weight is 313 g/mol. The summed E-state index contributed by atoms with van der Waals surface area (Å²) in [5.74, 6) is 0.349. The second-order valence-electron chi connectivity index (χ2n) is 5.01. The Bertz CT molecular complexity index is 397. The maximum Gasteiger partial charge on any atom is 0.134 e. The Morgan fingerprint density at radius 2 is 2.28 bits per heavy atom. The van der Waals surface area contributed by atoms with Crippen LogP contribution in [0, 0.1) is 0 Å². The highest BCUT2D eigenvalue weighted by atomic mass is 79.9. The quantitative estimate of drug-likeness (QED) is 0.897. The number of benzene rings is 1. The molecule has 0 bridgehead atoms. The van der Waals surface area contributed by atoms with Gasteiger partial charge in [0.2, 0.25) is 0 Å². The van der Waals surface area contributed by atoms with Crippen LogP contribution in [0.4, 0.5) is 0 Å². The fourth-order valence-corrected chi connectivity index (χ4v) is 2.89. The molecular weight excluding hydrogens is 292 g/mol. The van der Waals surface area contributed by atoms with E-state index in [-0.39, 0.29) is 0 Å². The molecule has 0 radical (unpaired) electrons. The van der Waals surface area contributed by atoms with Crippen molar-refractivity contribution >= 4 is 15.9 Å². The van der Waals surface area contributed by atoms with E-state index in [9.17, 15) is 5.11 Å². The van der Waals surface area contributed by atoms with E-state index in [1.165, 1.54) is 25.8 Å². The minimum atomic E-state index is 0.349. The number of likely N-dealkylation sites (tertiary alicyclic amines) is 1. The van der Waals surface area contributed by atoms with Crippen LogP contribution in [0.1, 0.15) is 24.8 Å². The van der Waals surface area contributed by atoms with Crippen LogP contribution in [0.25, 0.3) is 0 Å². The highest BCUT2D eigenvalue weighted by molar-refractivity contribution is 9.10. The van der Waals surface area contributed by atoms with Crippen LogP contribution in [0.2, 0.25) is 0 Å². The molecule has 1 aliphatic rings. The first-order valence-corrected chi connectivity index (χ1v) is 7.35. The Labute approximate surface area is 117 Å². The van der Waals surface area contributed by atoms with Gasteiger partial charge < -0.3 is 15.3 Å². The van der Waals surface area contributed by atoms with Gasteiger partial charge in [0.1, 0.15) is 5.75 Å². The fourth-order valence-electron chi connectivity index (χ4n) is 2.48. The number of hydrogen-bond donors (Lipinski definition) is 2. The molecule has 1 fully saturated rings. The standard InChI is InChI=1S/C14H21BrN2O/c1-17-8-3-2-6-12(17)10-16-9-11-5-4-7-13(15)14(11)18/h4-5,7,12,16,18H,2-3,6,8-10H2,1H3. The topological polar surface area (TPSA) is 35.5 Å². The van der Waals surface area contributed by atoms with Gasteiger partial charge >= 0.3 is 0 Å². The molecule has 2 rings (SSSR count). The van der Waals surface area contributed by atoms with Crippen molar-refractivity contribution in [2.75, 3.05) is 20.1 Å². The minimum absolute atomic E-state index is 0.349. The largest absolute Gasteiger partial charge is 0.506 e. The van der Waals surface area contributed by atoms with E-state index in [0.717, 1.165) is 23.1 Å². The Hall–Kier alpha value is -0.580. The molecular formula is C14H21BrN2O. The van der Waals surface area contributed by atoms with Crippen molar-refractivity contribution in [2.45, 2.75) is 31.8 Å². The zero-order valence-electron chi connectivity index (χ0n) is 10.8. The average Bonchev–Trinajstić information content (AvgIpc) is 2.37. The summed E-state index contributed by atoms with van der Waals surface area (Å²) in [6.45, 7) is 2.91. The predicted octanol–water partition coefficient (Wildman–Crippen LogP) is 2.73. The van der Waals surface area contributed by atoms with E-state index < -0.39 is 0 Å². The Kier molecular flexibility index (Phi) is 5.03. The van der Waals surface area contributed by atoms with Crippen LogP contribution < -0.4 is 5.32 Å². The minimum Gasteiger partial charge on any atom is -0.506 e. The van der Waals surface area contributed by atoms with Crippen molar-refractivity contribution in [3.8, 4) is 5.75 Å². The van der Waals surface area contributed by atoms with E-state index >= 15 is 0 Å². The van der Waals surface area contributed by atoms with Crippen LogP contribution in [0.3, 0.4) is 0 Å². The number of halogens is 1. The number of piperidine rings is 1. The predicted molar refractivity (Wildman–Crippen MR) is 77.8 cm³/mol. The zero-order chi connectivity index (χ0) is 13.0. The number of phenols is 1. The summed E-state index contributed by atoms with van der Waals surface area (Å²) in [7, 11) is 2.20. The maximum absolute atomic E-state index is 9.89. The van der Waals surface area contributed by atoms with Crippen molar-refractivity contribution in [1.29, 1.82) is 0 Å². The molecule has 1 aliphatic heterocycles. The lowest BCUT2D eigenvalue weighted by Crippen LogP contribution is -2.42. The van der Waals surface area contributed by atoms with Gasteiger partial charge in [0, 0.05) is 24.7 Å². The molecule has 0 amide bonds. The summed E-state index contributed by atoms with van der Waals surface area (Å²) in [6.07, 6.45) is 3.92. The molecule has 0 aromatic heterocycles. The van der Waals surface area contributed by atoms with Crippen LogP contribution >= 0.6 is 15.9 Å². The monoisotopic (exact) mass is 312 g/mol. The van der Waals surface area contributed by atoms with Crippen molar-refractivity contribution in [3.63, 3.8) is 0 Å². The number of phenolic OH excluding ortho intramolecular Hbond substituents is 1. The third-order valence-electron chi connectivity index (χ3n) is 3.69. The lowest BCUT2D eigenvalue weighted by Gasteiger charge is -2.32. The molecule has 1 heterocycles. The first-order chi connectivity index (χ1) is 8.68. The van der Waals surface area contributed by atoms with Crippen LogP contribution in [-0.4, -0.2) is 36.2 Å². The summed E-state index contributed by atoms with van der Waals surface area (Å²) in [5, 5.41) is 13.3. The highest BCUT2D eigenvalue weighted by Crippen LogP contribution is 2.27.